The third-order valence-electron chi connectivity index (χ3n) is 5.06. The molecule has 0 fully saturated rings. The second-order valence-corrected chi connectivity index (χ2v) is 7.27. The normalized spacial score (nSPS) is 10.7. The van der Waals surface area contributed by atoms with Crippen molar-refractivity contribution in [1.82, 2.24) is 9.97 Å². The van der Waals surface area contributed by atoms with Crippen molar-refractivity contribution in [2.75, 3.05) is 10.6 Å². The number of amides is 2. The predicted molar refractivity (Wildman–Crippen MR) is 126 cm³/mol. The van der Waals surface area contributed by atoms with Gasteiger partial charge in [0.15, 0.2) is 5.76 Å². The Morgan fingerprint density at radius 3 is 2.27 bits per heavy atom. The van der Waals surface area contributed by atoms with E-state index in [9.17, 15) is 9.59 Å². The Kier molecular flexibility index (Phi) is 5.35. The van der Waals surface area contributed by atoms with E-state index in [1.54, 1.807) is 73.3 Å². The zero-order chi connectivity index (χ0) is 22.6. The number of furan rings is 1. The summed E-state index contributed by atoms with van der Waals surface area (Å²) >= 11 is 0. The van der Waals surface area contributed by atoms with Gasteiger partial charge in [-0.25, -0.2) is 4.98 Å². The van der Waals surface area contributed by atoms with Gasteiger partial charge < -0.3 is 15.1 Å². The second-order valence-electron chi connectivity index (χ2n) is 7.27. The third-order valence-corrected chi connectivity index (χ3v) is 5.06. The van der Waals surface area contributed by atoms with Crippen LogP contribution in [0.4, 0.5) is 11.4 Å². The van der Waals surface area contributed by atoms with Gasteiger partial charge in [0.25, 0.3) is 11.8 Å². The van der Waals surface area contributed by atoms with Crippen LogP contribution in [-0.2, 0) is 0 Å². The Balaban J connectivity index is 1.42. The second kappa shape index (κ2) is 8.76. The van der Waals surface area contributed by atoms with E-state index in [4.69, 9.17) is 4.42 Å². The molecule has 0 atom stereocenters. The highest BCUT2D eigenvalue weighted by atomic mass is 16.3. The Labute approximate surface area is 189 Å². The van der Waals surface area contributed by atoms with Crippen LogP contribution >= 0.6 is 0 Å². The number of pyridine rings is 2. The molecule has 33 heavy (non-hydrogen) atoms. The Bertz CT molecular complexity index is 1450. The van der Waals surface area contributed by atoms with E-state index in [1.165, 1.54) is 0 Å². The first-order chi connectivity index (χ1) is 16.2. The maximum Gasteiger partial charge on any atom is 0.256 e. The standard InChI is InChI=1S/C26H18N4O3/c31-25(17-10-12-27-13-11-17)28-18-5-3-6-19(15-18)29-26(32)21-16-23(24-9-4-14-33-24)30-22-8-2-1-7-20(21)22/h1-16H,(H,28,31)(H,29,32). The van der Waals surface area contributed by atoms with Crippen LogP contribution in [-0.4, -0.2) is 21.8 Å². The quantitative estimate of drug-likeness (QED) is 0.386. The van der Waals surface area contributed by atoms with E-state index in [1.807, 2.05) is 24.3 Å². The molecule has 0 spiro atoms. The monoisotopic (exact) mass is 434 g/mol. The molecule has 7 heteroatoms. The van der Waals surface area contributed by atoms with Crippen molar-refractivity contribution in [3.8, 4) is 11.5 Å². The van der Waals surface area contributed by atoms with Gasteiger partial charge in [0.05, 0.1) is 17.3 Å². The fraction of sp³-hybridized carbons (Fsp3) is 0. The number of hydrogen-bond acceptors (Lipinski definition) is 5. The number of nitrogens with one attached hydrogen (secondary N) is 2. The van der Waals surface area contributed by atoms with Crippen molar-refractivity contribution in [3.63, 3.8) is 0 Å². The van der Waals surface area contributed by atoms with E-state index in [2.05, 4.69) is 20.6 Å². The first kappa shape index (κ1) is 20.1. The molecule has 5 rings (SSSR count). The summed E-state index contributed by atoms with van der Waals surface area (Å²) in [5, 5.41) is 6.48. The molecule has 0 bridgehead atoms. The lowest BCUT2D eigenvalue weighted by Crippen LogP contribution is -2.14. The van der Waals surface area contributed by atoms with E-state index >= 15 is 0 Å². The van der Waals surface area contributed by atoms with Crippen LogP contribution in [0.15, 0.2) is 102 Å². The molecule has 2 aromatic carbocycles. The molecule has 2 amide bonds. The van der Waals surface area contributed by atoms with Crippen molar-refractivity contribution < 1.29 is 14.0 Å². The minimum atomic E-state index is -0.293. The van der Waals surface area contributed by atoms with Gasteiger partial charge in [0.1, 0.15) is 5.69 Å². The fourth-order valence-corrected chi connectivity index (χ4v) is 3.49. The largest absolute Gasteiger partial charge is 0.463 e. The highest BCUT2D eigenvalue weighted by molar-refractivity contribution is 6.13. The van der Waals surface area contributed by atoms with Crippen LogP contribution < -0.4 is 10.6 Å². The van der Waals surface area contributed by atoms with Gasteiger partial charge >= 0.3 is 0 Å². The first-order valence-electron chi connectivity index (χ1n) is 10.2. The number of nitrogens with zero attached hydrogens (tertiary/aromatic N) is 2. The molecule has 0 radical (unpaired) electrons. The molecule has 2 N–H and O–H groups in total. The molecule has 0 aliphatic rings. The highest BCUT2D eigenvalue weighted by Gasteiger charge is 2.15. The molecule has 160 valence electrons. The number of hydrogen-bond donors (Lipinski definition) is 2. The number of carbonyl (C=O) groups is 2. The SMILES string of the molecule is O=C(Nc1cccc(NC(=O)c2cc(-c3ccco3)nc3ccccc23)c1)c1ccncc1. The zero-order valence-corrected chi connectivity index (χ0v) is 17.4. The summed E-state index contributed by atoms with van der Waals surface area (Å²) in [7, 11) is 0. The van der Waals surface area contributed by atoms with Crippen LogP contribution in [0.25, 0.3) is 22.4 Å². The van der Waals surface area contributed by atoms with Gasteiger partial charge in [-0.15, -0.1) is 0 Å². The molecule has 0 aliphatic heterocycles. The lowest BCUT2D eigenvalue weighted by Gasteiger charge is -2.11. The Hall–Kier alpha value is -4.78. The van der Waals surface area contributed by atoms with Crippen molar-refractivity contribution in [3.05, 3.63) is 109 Å². The van der Waals surface area contributed by atoms with Gasteiger partial charge in [-0.05, 0) is 54.6 Å². The number of anilines is 2. The van der Waals surface area contributed by atoms with Crippen LogP contribution in [0.2, 0.25) is 0 Å². The van der Waals surface area contributed by atoms with Crippen LogP contribution in [0.3, 0.4) is 0 Å². The number of carbonyl (C=O) groups excluding carboxylic acids is 2. The van der Waals surface area contributed by atoms with Crippen molar-refractivity contribution in [2.24, 2.45) is 0 Å². The lowest BCUT2D eigenvalue weighted by molar-refractivity contribution is 0.102. The number of benzene rings is 2. The maximum absolute atomic E-state index is 13.2. The summed E-state index contributed by atoms with van der Waals surface area (Å²) in [5.74, 6) is 0.0266. The van der Waals surface area contributed by atoms with E-state index in [0.29, 0.717) is 39.5 Å². The third kappa shape index (κ3) is 4.33. The molecule has 7 nitrogen and oxygen atoms in total. The van der Waals surface area contributed by atoms with Gasteiger partial charge in [0, 0.05) is 34.7 Å². The van der Waals surface area contributed by atoms with Crippen LogP contribution in [0, 0.1) is 0 Å². The molecule has 0 aliphatic carbocycles. The summed E-state index contributed by atoms with van der Waals surface area (Å²) in [6, 6.07) is 23.0. The summed E-state index contributed by atoms with van der Waals surface area (Å²) in [4.78, 5) is 34.2. The lowest BCUT2D eigenvalue weighted by atomic mass is 10.1. The van der Waals surface area contributed by atoms with Crippen molar-refractivity contribution in [2.45, 2.75) is 0 Å². The summed E-state index contributed by atoms with van der Waals surface area (Å²) in [5.41, 5.74) is 3.34. The summed E-state index contributed by atoms with van der Waals surface area (Å²) in [6.45, 7) is 0. The molecular formula is C26H18N4O3. The van der Waals surface area contributed by atoms with Crippen molar-refractivity contribution in [1.29, 1.82) is 0 Å². The smallest absolute Gasteiger partial charge is 0.256 e. The van der Waals surface area contributed by atoms with Gasteiger partial charge in [-0.3, -0.25) is 14.6 Å². The molecule has 0 saturated carbocycles. The summed E-state index contributed by atoms with van der Waals surface area (Å²) in [6.07, 6.45) is 4.68. The fourth-order valence-electron chi connectivity index (χ4n) is 3.49. The van der Waals surface area contributed by atoms with Gasteiger partial charge in [0.2, 0.25) is 0 Å². The zero-order valence-electron chi connectivity index (χ0n) is 17.4. The molecular weight excluding hydrogens is 416 g/mol. The average molecular weight is 434 g/mol. The number of aromatic nitrogens is 2. The van der Waals surface area contributed by atoms with Gasteiger partial charge in [-0.1, -0.05) is 24.3 Å². The molecule has 5 aromatic rings. The Morgan fingerprint density at radius 1 is 0.758 bits per heavy atom. The van der Waals surface area contributed by atoms with E-state index in [0.717, 1.165) is 5.39 Å². The van der Waals surface area contributed by atoms with E-state index in [-0.39, 0.29) is 11.8 Å². The van der Waals surface area contributed by atoms with Crippen LogP contribution in [0.1, 0.15) is 20.7 Å². The van der Waals surface area contributed by atoms with Gasteiger partial charge in [-0.2, -0.15) is 0 Å². The molecule has 3 aromatic heterocycles. The molecule has 0 unspecified atom stereocenters. The van der Waals surface area contributed by atoms with E-state index < -0.39 is 0 Å². The maximum atomic E-state index is 13.2. The number of fused-ring (bicyclic) bond motifs is 1. The summed E-state index contributed by atoms with van der Waals surface area (Å²) < 4.78 is 5.47. The van der Waals surface area contributed by atoms with Crippen molar-refractivity contribution >= 4 is 34.1 Å². The van der Waals surface area contributed by atoms with Crippen LogP contribution in [0.5, 0.6) is 0 Å². The molecule has 3 heterocycles. The topological polar surface area (TPSA) is 97.1 Å². The molecule has 0 saturated heterocycles. The number of rotatable bonds is 5. The highest BCUT2D eigenvalue weighted by Crippen LogP contribution is 2.26. The first-order valence-corrected chi connectivity index (χ1v) is 10.2. The predicted octanol–water partition coefficient (Wildman–Crippen LogP) is 5.39. The minimum absolute atomic E-state index is 0.260. The number of para-hydroxylation sites is 1. The average Bonchev–Trinajstić information content (AvgIpc) is 3.39. The minimum Gasteiger partial charge on any atom is -0.463 e. The Morgan fingerprint density at radius 2 is 1.52 bits per heavy atom.